The van der Waals surface area contributed by atoms with Crippen LogP contribution in [0.3, 0.4) is 0 Å². The smallest absolute Gasteiger partial charge is 0.419 e. The standard InChI is InChI=1S/C22H29F4N5O2/c1-2-3-4-5-6-7-10-32-18-9-8-14(11-16(18)22(24,25)26)19-29-20(33-30-19)17-12-15(23)13-31(17)21(27)28/h8-9,11,15,17H,2-7,10,12-13H2,1H3,(H3,27,28)/t15?,17-/m0/s1. The molecule has 0 aliphatic carbocycles. The molecule has 1 saturated heterocycles. The molecule has 3 rings (SSSR count). The van der Waals surface area contributed by atoms with Gasteiger partial charge in [0.15, 0.2) is 5.96 Å². The highest BCUT2D eigenvalue weighted by Gasteiger charge is 2.38. The summed E-state index contributed by atoms with van der Waals surface area (Å²) in [6.45, 7) is 2.24. The topological polar surface area (TPSA) is 101 Å². The van der Waals surface area contributed by atoms with Crippen LogP contribution in [0.4, 0.5) is 17.6 Å². The van der Waals surface area contributed by atoms with E-state index >= 15 is 0 Å². The summed E-state index contributed by atoms with van der Waals surface area (Å²) in [7, 11) is 0. The SMILES string of the molecule is CCCCCCCCOc1ccc(-c2noc([C@@H]3CC(F)CN3C(=N)N)n2)cc1C(F)(F)F. The fourth-order valence-corrected chi connectivity index (χ4v) is 3.85. The second-order valence-corrected chi connectivity index (χ2v) is 8.17. The average Bonchev–Trinajstić information content (AvgIpc) is 3.39. The number of likely N-dealkylation sites (tertiary alicyclic amines) is 1. The molecule has 0 radical (unpaired) electrons. The lowest BCUT2D eigenvalue weighted by Crippen LogP contribution is -2.36. The first-order chi connectivity index (χ1) is 15.7. The van der Waals surface area contributed by atoms with Crippen LogP contribution < -0.4 is 10.5 Å². The number of ether oxygens (including phenoxy) is 1. The van der Waals surface area contributed by atoms with Gasteiger partial charge in [0.05, 0.1) is 18.7 Å². The summed E-state index contributed by atoms with van der Waals surface area (Å²) in [6.07, 6.45) is 0.165. The minimum absolute atomic E-state index is 0.000235. The molecular formula is C22H29F4N5O2. The lowest BCUT2D eigenvalue weighted by Gasteiger charge is -2.20. The summed E-state index contributed by atoms with van der Waals surface area (Å²) in [5.74, 6) is -0.658. The van der Waals surface area contributed by atoms with Crippen molar-refractivity contribution in [2.24, 2.45) is 5.73 Å². The molecule has 2 heterocycles. The van der Waals surface area contributed by atoms with Crippen LogP contribution in [-0.2, 0) is 6.18 Å². The van der Waals surface area contributed by atoms with E-state index in [1.165, 1.54) is 17.0 Å². The van der Waals surface area contributed by atoms with Gasteiger partial charge in [0.1, 0.15) is 18.0 Å². The molecule has 33 heavy (non-hydrogen) atoms. The lowest BCUT2D eigenvalue weighted by atomic mass is 10.1. The maximum atomic E-state index is 13.8. The zero-order valence-electron chi connectivity index (χ0n) is 18.5. The fraction of sp³-hybridized carbons (Fsp3) is 0.591. The Labute approximate surface area is 189 Å². The largest absolute Gasteiger partial charge is 0.493 e. The van der Waals surface area contributed by atoms with Crippen molar-refractivity contribution in [3.8, 4) is 17.1 Å². The molecule has 0 bridgehead atoms. The Morgan fingerprint density at radius 3 is 2.67 bits per heavy atom. The molecule has 11 heteroatoms. The van der Waals surface area contributed by atoms with E-state index in [4.69, 9.17) is 20.4 Å². The zero-order valence-corrected chi connectivity index (χ0v) is 18.5. The predicted octanol–water partition coefficient (Wildman–Crippen LogP) is 5.47. The number of hydrogen-bond acceptors (Lipinski definition) is 5. The highest BCUT2D eigenvalue weighted by molar-refractivity contribution is 5.75. The van der Waals surface area contributed by atoms with Crippen LogP contribution >= 0.6 is 0 Å². The van der Waals surface area contributed by atoms with E-state index in [1.807, 2.05) is 0 Å². The third-order valence-corrected chi connectivity index (χ3v) is 5.58. The minimum Gasteiger partial charge on any atom is -0.493 e. The van der Waals surface area contributed by atoms with Crippen LogP contribution in [0.15, 0.2) is 22.7 Å². The number of alkyl halides is 4. The molecule has 1 aromatic heterocycles. The van der Waals surface area contributed by atoms with Crippen molar-refractivity contribution in [3.05, 3.63) is 29.7 Å². The van der Waals surface area contributed by atoms with Crippen LogP contribution in [0.5, 0.6) is 5.75 Å². The van der Waals surface area contributed by atoms with Crippen LogP contribution in [0.25, 0.3) is 11.4 Å². The molecule has 1 fully saturated rings. The highest BCUT2D eigenvalue weighted by atomic mass is 19.4. The van der Waals surface area contributed by atoms with Crippen LogP contribution in [0.1, 0.15) is 69.4 Å². The van der Waals surface area contributed by atoms with Crippen LogP contribution in [0, 0.1) is 5.41 Å². The van der Waals surface area contributed by atoms with Gasteiger partial charge in [-0.1, -0.05) is 44.2 Å². The number of benzene rings is 1. The second kappa shape index (κ2) is 10.8. The first-order valence-corrected chi connectivity index (χ1v) is 11.1. The lowest BCUT2D eigenvalue weighted by molar-refractivity contribution is -0.138. The molecule has 1 aliphatic heterocycles. The van der Waals surface area contributed by atoms with E-state index in [9.17, 15) is 17.6 Å². The van der Waals surface area contributed by atoms with E-state index in [2.05, 4.69) is 17.1 Å². The first kappa shape index (κ1) is 24.8. The molecule has 3 N–H and O–H groups in total. The Kier molecular flexibility index (Phi) is 8.15. The van der Waals surface area contributed by atoms with Gasteiger partial charge < -0.3 is 19.9 Å². The quantitative estimate of drug-likeness (QED) is 0.206. The van der Waals surface area contributed by atoms with Crippen LogP contribution in [-0.4, -0.2) is 40.3 Å². The molecule has 0 spiro atoms. The molecule has 2 atom stereocenters. The fourth-order valence-electron chi connectivity index (χ4n) is 3.85. The normalized spacial score (nSPS) is 18.6. The van der Waals surface area contributed by atoms with E-state index < -0.39 is 24.0 Å². The van der Waals surface area contributed by atoms with Gasteiger partial charge in [-0.15, -0.1) is 0 Å². The van der Waals surface area contributed by atoms with E-state index in [0.717, 1.165) is 38.2 Å². The number of hydrogen-bond donors (Lipinski definition) is 2. The summed E-state index contributed by atoms with van der Waals surface area (Å²) >= 11 is 0. The van der Waals surface area contributed by atoms with E-state index in [1.54, 1.807) is 0 Å². The third-order valence-electron chi connectivity index (χ3n) is 5.58. The van der Waals surface area contributed by atoms with Crippen molar-refractivity contribution >= 4 is 5.96 Å². The number of nitrogens with one attached hydrogen (secondary N) is 1. The van der Waals surface area contributed by atoms with Gasteiger partial charge in [-0.3, -0.25) is 5.41 Å². The van der Waals surface area contributed by atoms with Gasteiger partial charge in [0.25, 0.3) is 0 Å². The highest BCUT2D eigenvalue weighted by Crippen LogP contribution is 2.39. The Morgan fingerprint density at radius 2 is 1.97 bits per heavy atom. The number of nitrogens with two attached hydrogens (primary N) is 1. The number of unbranched alkanes of at least 4 members (excludes halogenated alkanes) is 5. The van der Waals surface area contributed by atoms with Crippen molar-refractivity contribution in [2.45, 2.75) is 70.3 Å². The zero-order chi connectivity index (χ0) is 24.0. The molecule has 182 valence electrons. The molecule has 1 aromatic carbocycles. The van der Waals surface area contributed by atoms with Gasteiger partial charge in [0, 0.05) is 12.0 Å². The van der Waals surface area contributed by atoms with Crippen LogP contribution in [0.2, 0.25) is 0 Å². The summed E-state index contributed by atoms with van der Waals surface area (Å²) in [5, 5.41) is 11.3. The summed E-state index contributed by atoms with van der Waals surface area (Å²) in [4.78, 5) is 5.43. The molecule has 7 nitrogen and oxygen atoms in total. The number of nitrogens with zero attached hydrogens (tertiary/aromatic N) is 3. The van der Waals surface area contributed by atoms with Crippen molar-refractivity contribution < 1.29 is 26.8 Å². The first-order valence-electron chi connectivity index (χ1n) is 11.1. The van der Waals surface area contributed by atoms with Crippen molar-refractivity contribution in [1.82, 2.24) is 15.0 Å². The summed E-state index contributed by atoms with van der Waals surface area (Å²) < 4.78 is 65.4. The second-order valence-electron chi connectivity index (χ2n) is 8.17. The molecule has 1 aliphatic rings. The number of aromatic nitrogens is 2. The van der Waals surface area contributed by atoms with Gasteiger partial charge in [0.2, 0.25) is 11.7 Å². The Bertz CT molecular complexity index is 934. The predicted molar refractivity (Wildman–Crippen MR) is 114 cm³/mol. The molecule has 1 unspecified atom stereocenters. The van der Waals surface area contributed by atoms with Gasteiger partial charge in [-0.05, 0) is 24.6 Å². The van der Waals surface area contributed by atoms with Crippen molar-refractivity contribution in [3.63, 3.8) is 0 Å². The number of guanidine groups is 1. The average molecular weight is 471 g/mol. The minimum atomic E-state index is -4.63. The Morgan fingerprint density at radius 1 is 1.24 bits per heavy atom. The molecule has 2 aromatic rings. The van der Waals surface area contributed by atoms with Gasteiger partial charge in [-0.25, -0.2) is 4.39 Å². The van der Waals surface area contributed by atoms with Crippen molar-refractivity contribution in [1.29, 1.82) is 5.41 Å². The molecular weight excluding hydrogens is 442 g/mol. The van der Waals surface area contributed by atoms with Gasteiger partial charge >= 0.3 is 6.18 Å². The van der Waals surface area contributed by atoms with Gasteiger partial charge in [-0.2, -0.15) is 18.2 Å². The monoisotopic (exact) mass is 471 g/mol. The summed E-state index contributed by atoms with van der Waals surface area (Å²) in [6, 6.07) is 2.86. The van der Waals surface area contributed by atoms with E-state index in [0.29, 0.717) is 6.42 Å². The molecule has 0 amide bonds. The number of rotatable bonds is 10. The van der Waals surface area contributed by atoms with E-state index in [-0.39, 0.29) is 48.6 Å². The third kappa shape index (κ3) is 6.35. The Hall–Kier alpha value is -2.85. The van der Waals surface area contributed by atoms with Crippen molar-refractivity contribution in [2.75, 3.05) is 13.2 Å². The Balaban J connectivity index is 1.72. The summed E-state index contributed by atoms with van der Waals surface area (Å²) in [5.41, 5.74) is 4.65. The molecule has 0 saturated carbocycles. The number of halogens is 4. The maximum absolute atomic E-state index is 13.8. The maximum Gasteiger partial charge on any atom is 0.419 e.